The molecule has 2 rings (SSSR count). The predicted molar refractivity (Wildman–Crippen MR) is 74.9 cm³/mol. The Balaban J connectivity index is 2.07. The second-order valence-corrected chi connectivity index (χ2v) is 5.01. The third kappa shape index (κ3) is 2.84. The predicted octanol–water partition coefficient (Wildman–Crippen LogP) is 3.04. The van der Waals surface area contributed by atoms with Crippen molar-refractivity contribution in [2.24, 2.45) is 5.92 Å². The highest BCUT2D eigenvalue weighted by atomic mass is 16.1. The van der Waals surface area contributed by atoms with Gasteiger partial charge >= 0.3 is 0 Å². The maximum atomic E-state index is 11.6. The molecule has 2 unspecified atom stereocenters. The van der Waals surface area contributed by atoms with Gasteiger partial charge in [-0.2, -0.15) is 0 Å². The maximum absolute atomic E-state index is 11.6. The summed E-state index contributed by atoms with van der Waals surface area (Å²) in [7, 11) is 1.66. The Morgan fingerprint density at radius 3 is 2.94 bits per heavy atom. The molecule has 2 N–H and O–H groups in total. The summed E-state index contributed by atoms with van der Waals surface area (Å²) in [6.07, 6.45) is 5.10. The fourth-order valence-corrected chi connectivity index (χ4v) is 2.82. The molecule has 0 aromatic heterocycles. The molecule has 1 aromatic carbocycles. The Bertz CT molecular complexity index is 417. The number of amides is 1. The largest absolute Gasteiger partial charge is 0.382 e. The number of carbonyl (C=O) groups excluding carboxylic acids is 1. The third-order valence-corrected chi connectivity index (χ3v) is 3.89. The molecule has 1 aliphatic rings. The molecule has 1 amide bonds. The van der Waals surface area contributed by atoms with Crippen molar-refractivity contribution >= 4 is 11.6 Å². The topological polar surface area (TPSA) is 41.1 Å². The number of anilines is 1. The van der Waals surface area contributed by atoms with Crippen LogP contribution in [-0.2, 0) is 0 Å². The SMILES string of the molecule is CCC1CCCC1Nc1cccc(C(=O)NC)c1. The van der Waals surface area contributed by atoms with Crippen LogP contribution in [0.25, 0.3) is 0 Å². The molecule has 1 aliphatic carbocycles. The standard InChI is InChI=1S/C15H22N2O/c1-3-11-6-5-9-14(11)17-13-8-4-7-12(10-13)15(18)16-2/h4,7-8,10-11,14,17H,3,5-6,9H2,1-2H3,(H,16,18). The Morgan fingerprint density at radius 2 is 2.22 bits per heavy atom. The first-order valence-electron chi connectivity index (χ1n) is 6.83. The van der Waals surface area contributed by atoms with Gasteiger partial charge < -0.3 is 10.6 Å². The lowest BCUT2D eigenvalue weighted by Gasteiger charge is -2.21. The fraction of sp³-hybridized carbons (Fsp3) is 0.533. The summed E-state index contributed by atoms with van der Waals surface area (Å²) < 4.78 is 0. The number of carbonyl (C=O) groups is 1. The molecule has 0 aliphatic heterocycles. The molecule has 0 saturated heterocycles. The van der Waals surface area contributed by atoms with E-state index in [9.17, 15) is 4.79 Å². The van der Waals surface area contributed by atoms with Gasteiger partial charge in [0.2, 0.25) is 0 Å². The number of rotatable bonds is 4. The van der Waals surface area contributed by atoms with Crippen LogP contribution in [0.15, 0.2) is 24.3 Å². The van der Waals surface area contributed by atoms with Crippen molar-refractivity contribution in [3.8, 4) is 0 Å². The quantitative estimate of drug-likeness (QED) is 0.857. The van der Waals surface area contributed by atoms with Crippen molar-refractivity contribution in [1.82, 2.24) is 5.32 Å². The zero-order chi connectivity index (χ0) is 13.0. The summed E-state index contributed by atoms with van der Waals surface area (Å²) in [5.74, 6) is 0.741. The monoisotopic (exact) mass is 246 g/mol. The Hall–Kier alpha value is -1.51. The van der Waals surface area contributed by atoms with Crippen LogP contribution in [0.1, 0.15) is 43.0 Å². The fourth-order valence-electron chi connectivity index (χ4n) is 2.82. The lowest BCUT2D eigenvalue weighted by atomic mass is 10.0. The lowest BCUT2D eigenvalue weighted by Crippen LogP contribution is -2.24. The Kier molecular flexibility index (Phi) is 4.24. The molecule has 0 heterocycles. The molecule has 0 radical (unpaired) electrons. The number of hydrogen-bond acceptors (Lipinski definition) is 2. The average molecular weight is 246 g/mol. The van der Waals surface area contributed by atoms with Gasteiger partial charge in [-0.3, -0.25) is 4.79 Å². The van der Waals surface area contributed by atoms with Gasteiger partial charge in [-0.05, 0) is 37.0 Å². The van der Waals surface area contributed by atoms with E-state index in [1.807, 2.05) is 24.3 Å². The molecule has 0 bridgehead atoms. The van der Waals surface area contributed by atoms with E-state index in [0.29, 0.717) is 11.6 Å². The van der Waals surface area contributed by atoms with Gasteiger partial charge in [0.25, 0.3) is 5.91 Å². The van der Waals surface area contributed by atoms with Gasteiger partial charge in [0.1, 0.15) is 0 Å². The highest BCUT2D eigenvalue weighted by molar-refractivity contribution is 5.94. The average Bonchev–Trinajstić information content (AvgIpc) is 2.85. The summed E-state index contributed by atoms with van der Waals surface area (Å²) in [5.41, 5.74) is 1.77. The summed E-state index contributed by atoms with van der Waals surface area (Å²) in [6.45, 7) is 2.26. The van der Waals surface area contributed by atoms with Crippen LogP contribution in [-0.4, -0.2) is 19.0 Å². The van der Waals surface area contributed by atoms with E-state index < -0.39 is 0 Å². The molecule has 98 valence electrons. The third-order valence-electron chi connectivity index (χ3n) is 3.89. The minimum Gasteiger partial charge on any atom is -0.382 e. The normalized spacial score (nSPS) is 22.8. The van der Waals surface area contributed by atoms with Crippen molar-refractivity contribution in [3.63, 3.8) is 0 Å². The molecule has 1 aromatic rings. The van der Waals surface area contributed by atoms with Crippen LogP contribution in [0.2, 0.25) is 0 Å². The van der Waals surface area contributed by atoms with Crippen molar-refractivity contribution in [2.75, 3.05) is 12.4 Å². The molecule has 18 heavy (non-hydrogen) atoms. The summed E-state index contributed by atoms with van der Waals surface area (Å²) in [6, 6.07) is 8.31. The summed E-state index contributed by atoms with van der Waals surface area (Å²) in [5, 5.41) is 6.24. The number of hydrogen-bond donors (Lipinski definition) is 2. The van der Waals surface area contributed by atoms with E-state index in [1.165, 1.54) is 25.7 Å². The van der Waals surface area contributed by atoms with E-state index in [2.05, 4.69) is 17.6 Å². The van der Waals surface area contributed by atoms with Crippen LogP contribution in [0.4, 0.5) is 5.69 Å². The van der Waals surface area contributed by atoms with Crippen molar-refractivity contribution in [3.05, 3.63) is 29.8 Å². The Morgan fingerprint density at radius 1 is 1.39 bits per heavy atom. The highest BCUT2D eigenvalue weighted by Crippen LogP contribution is 2.30. The number of benzene rings is 1. The molecule has 1 fully saturated rings. The zero-order valence-corrected chi connectivity index (χ0v) is 11.2. The first kappa shape index (κ1) is 12.9. The van der Waals surface area contributed by atoms with E-state index in [-0.39, 0.29) is 5.91 Å². The van der Waals surface area contributed by atoms with Crippen molar-refractivity contribution in [2.45, 2.75) is 38.6 Å². The highest BCUT2D eigenvalue weighted by Gasteiger charge is 2.25. The minimum absolute atomic E-state index is 0.0305. The van der Waals surface area contributed by atoms with E-state index in [1.54, 1.807) is 7.05 Å². The van der Waals surface area contributed by atoms with Crippen LogP contribution < -0.4 is 10.6 Å². The summed E-state index contributed by atoms with van der Waals surface area (Å²) in [4.78, 5) is 11.6. The van der Waals surface area contributed by atoms with Gasteiger partial charge in [-0.15, -0.1) is 0 Å². The molecule has 0 spiro atoms. The van der Waals surface area contributed by atoms with Crippen LogP contribution >= 0.6 is 0 Å². The summed E-state index contributed by atoms with van der Waals surface area (Å²) >= 11 is 0. The van der Waals surface area contributed by atoms with E-state index >= 15 is 0 Å². The smallest absolute Gasteiger partial charge is 0.251 e. The zero-order valence-electron chi connectivity index (χ0n) is 11.2. The second-order valence-electron chi connectivity index (χ2n) is 5.01. The first-order chi connectivity index (χ1) is 8.74. The maximum Gasteiger partial charge on any atom is 0.251 e. The molecule has 2 atom stereocenters. The van der Waals surface area contributed by atoms with E-state index in [4.69, 9.17) is 0 Å². The molecular weight excluding hydrogens is 224 g/mol. The molecule has 3 nitrogen and oxygen atoms in total. The van der Waals surface area contributed by atoms with Gasteiger partial charge in [0.15, 0.2) is 0 Å². The van der Waals surface area contributed by atoms with Gasteiger partial charge in [0, 0.05) is 24.3 Å². The Labute approximate surface area is 109 Å². The van der Waals surface area contributed by atoms with Crippen molar-refractivity contribution in [1.29, 1.82) is 0 Å². The van der Waals surface area contributed by atoms with Crippen LogP contribution in [0.3, 0.4) is 0 Å². The number of nitrogens with one attached hydrogen (secondary N) is 2. The molecule has 1 saturated carbocycles. The minimum atomic E-state index is -0.0305. The van der Waals surface area contributed by atoms with Gasteiger partial charge in [-0.1, -0.05) is 25.8 Å². The molecular formula is C15H22N2O. The van der Waals surface area contributed by atoms with Crippen LogP contribution in [0.5, 0.6) is 0 Å². The van der Waals surface area contributed by atoms with Crippen molar-refractivity contribution < 1.29 is 4.79 Å². The van der Waals surface area contributed by atoms with E-state index in [0.717, 1.165) is 11.6 Å². The first-order valence-corrected chi connectivity index (χ1v) is 6.83. The second kappa shape index (κ2) is 5.89. The molecule has 3 heteroatoms. The lowest BCUT2D eigenvalue weighted by molar-refractivity contribution is 0.0963. The van der Waals surface area contributed by atoms with Crippen LogP contribution in [0, 0.1) is 5.92 Å². The van der Waals surface area contributed by atoms with Gasteiger partial charge in [-0.25, -0.2) is 0 Å². The van der Waals surface area contributed by atoms with Gasteiger partial charge in [0.05, 0.1) is 0 Å².